The van der Waals surface area contributed by atoms with E-state index >= 15 is 0 Å². The van der Waals surface area contributed by atoms with Crippen LogP contribution < -0.4 is 10.6 Å². The number of hydrogen-bond acceptors (Lipinski definition) is 5. The fourth-order valence-corrected chi connectivity index (χ4v) is 4.90. The van der Waals surface area contributed by atoms with Gasteiger partial charge in [-0.05, 0) is 52.4 Å². The molecule has 7 nitrogen and oxygen atoms in total. The van der Waals surface area contributed by atoms with Crippen molar-refractivity contribution < 1.29 is 23.5 Å². The first-order valence-electron chi connectivity index (χ1n) is 12.0. The zero-order chi connectivity index (χ0) is 26.5. The summed E-state index contributed by atoms with van der Waals surface area (Å²) in [6.45, 7) is 0.340. The molecule has 1 aliphatic heterocycles. The van der Waals surface area contributed by atoms with Crippen molar-refractivity contribution in [1.29, 1.82) is 0 Å². The summed E-state index contributed by atoms with van der Waals surface area (Å²) in [5.74, 6) is -1.04. The van der Waals surface area contributed by atoms with Crippen molar-refractivity contribution in [3.05, 3.63) is 124 Å². The normalized spacial score (nSPS) is 16.7. The molecular weight excluding hydrogens is 505 g/mol. The van der Waals surface area contributed by atoms with E-state index in [4.69, 9.17) is 4.74 Å². The number of rotatable bonds is 8. The molecule has 5 rings (SSSR count). The van der Waals surface area contributed by atoms with Gasteiger partial charge in [-0.3, -0.25) is 14.5 Å². The second kappa shape index (κ2) is 11.3. The number of ether oxygens (including phenoxy) is 1. The first-order valence-corrected chi connectivity index (χ1v) is 12.8. The van der Waals surface area contributed by atoms with Crippen molar-refractivity contribution in [2.45, 2.75) is 25.2 Å². The van der Waals surface area contributed by atoms with Crippen molar-refractivity contribution in [2.75, 3.05) is 5.32 Å². The van der Waals surface area contributed by atoms with Crippen LogP contribution in [0.4, 0.5) is 14.9 Å². The fourth-order valence-electron chi connectivity index (χ4n) is 4.28. The van der Waals surface area contributed by atoms with Gasteiger partial charge in [-0.1, -0.05) is 60.7 Å². The standard InChI is InChI=1S/C29H24FN3O4S/c30-22-13-11-20(12-14-22)18-33-25(28(35)31-17-19-6-2-1-3-7-19)26(37-29(33)36)21-8-4-9-23(16-21)32-27(34)24-10-5-15-38-24/h1-16,25-26H,17-18H2,(H,31,35)(H,32,34)/t25-,26+/m0/s1. The molecule has 1 saturated heterocycles. The van der Waals surface area contributed by atoms with Crippen LogP contribution in [0.3, 0.4) is 0 Å². The zero-order valence-electron chi connectivity index (χ0n) is 20.2. The minimum absolute atomic E-state index is 0.0633. The topological polar surface area (TPSA) is 87.7 Å². The van der Waals surface area contributed by atoms with Gasteiger partial charge in [-0.2, -0.15) is 0 Å². The highest BCUT2D eigenvalue weighted by Gasteiger charge is 2.47. The molecule has 0 aliphatic carbocycles. The second-order valence-electron chi connectivity index (χ2n) is 8.76. The number of hydrogen-bond donors (Lipinski definition) is 2. The highest BCUT2D eigenvalue weighted by atomic mass is 32.1. The van der Waals surface area contributed by atoms with Gasteiger partial charge in [0.2, 0.25) is 5.91 Å². The third-order valence-corrected chi connectivity index (χ3v) is 7.02. The van der Waals surface area contributed by atoms with Gasteiger partial charge in [0.1, 0.15) is 5.82 Å². The van der Waals surface area contributed by atoms with Crippen molar-refractivity contribution >= 4 is 34.9 Å². The second-order valence-corrected chi connectivity index (χ2v) is 9.71. The van der Waals surface area contributed by atoms with Crippen LogP contribution in [0.2, 0.25) is 0 Å². The lowest BCUT2D eigenvalue weighted by atomic mass is 10.00. The van der Waals surface area contributed by atoms with E-state index < -0.39 is 24.1 Å². The Morgan fingerprint density at radius 3 is 2.45 bits per heavy atom. The number of anilines is 1. The molecule has 0 bridgehead atoms. The smallest absolute Gasteiger partial charge is 0.411 e. The monoisotopic (exact) mass is 529 g/mol. The maximum atomic E-state index is 13.5. The number of cyclic esters (lactones) is 1. The van der Waals surface area contributed by atoms with Gasteiger partial charge in [0.05, 0.1) is 11.4 Å². The quantitative estimate of drug-likeness (QED) is 0.315. The molecule has 1 aliphatic rings. The molecule has 0 saturated carbocycles. The third-order valence-electron chi connectivity index (χ3n) is 6.15. The van der Waals surface area contributed by atoms with Crippen molar-refractivity contribution in [2.24, 2.45) is 0 Å². The Morgan fingerprint density at radius 2 is 1.71 bits per heavy atom. The molecule has 4 aromatic rings. The van der Waals surface area contributed by atoms with Crippen LogP contribution in [0.15, 0.2) is 96.4 Å². The summed E-state index contributed by atoms with van der Waals surface area (Å²) in [5.41, 5.74) is 2.63. The summed E-state index contributed by atoms with van der Waals surface area (Å²) in [6, 6.07) is 24.6. The fraction of sp³-hybridized carbons (Fsp3) is 0.138. The van der Waals surface area contributed by atoms with Crippen molar-refractivity contribution in [3.8, 4) is 0 Å². The van der Waals surface area contributed by atoms with Crippen LogP contribution in [-0.4, -0.2) is 28.8 Å². The molecule has 0 spiro atoms. The lowest BCUT2D eigenvalue weighted by molar-refractivity contribution is -0.126. The van der Waals surface area contributed by atoms with Crippen molar-refractivity contribution in [3.63, 3.8) is 0 Å². The number of nitrogens with one attached hydrogen (secondary N) is 2. The van der Waals surface area contributed by atoms with Gasteiger partial charge < -0.3 is 15.4 Å². The molecular formula is C29H24FN3O4S. The SMILES string of the molecule is O=C(Nc1cccc([C@H]2OC(=O)N(Cc3ccc(F)cc3)[C@@H]2C(=O)NCc2ccccc2)c1)c1cccs1. The largest absolute Gasteiger partial charge is 0.438 e. The minimum atomic E-state index is -0.987. The predicted molar refractivity (Wildman–Crippen MR) is 142 cm³/mol. The molecule has 1 fully saturated rings. The highest BCUT2D eigenvalue weighted by molar-refractivity contribution is 7.12. The lowest BCUT2D eigenvalue weighted by Gasteiger charge is -2.24. The van der Waals surface area contributed by atoms with Gasteiger partial charge >= 0.3 is 6.09 Å². The van der Waals surface area contributed by atoms with Gasteiger partial charge in [-0.25, -0.2) is 9.18 Å². The molecule has 38 heavy (non-hydrogen) atoms. The Kier molecular flexibility index (Phi) is 7.46. The third kappa shape index (κ3) is 5.73. The first kappa shape index (κ1) is 25.2. The van der Waals surface area contributed by atoms with Crippen LogP contribution in [0.25, 0.3) is 0 Å². The Balaban J connectivity index is 1.41. The predicted octanol–water partition coefficient (Wildman–Crippen LogP) is 5.52. The number of thiophene rings is 1. The molecule has 3 amide bonds. The molecule has 9 heteroatoms. The van der Waals surface area contributed by atoms with Crippen LogP contribution in [-0.2, 0) is 22.6 Å². The van der Waals surface area contributed by atoms with Gasteiger partial charge in [0.25, 0.3) is 5.91 Å². The van der Waals surface area contributed by atoms with Crippen LogP contribution in [0.1, 0.15) is 32.5 Å². The number of amides is 3. The summed E-state index contributed by atoms with van der Waals surface area (Å²) in [5, 5.41) is 7.58. The Morgan fingerprint density at radius 1 is 0.921 bits per heavy atom. The van der Waals surface area contributed by atoms with Gasteiger partial charge in [0, 0.05) is 12.2 Å². The molecule has 192 valence electrons. The number of nitrogens with zero attached hydrogens (tertiary/aromatic N) is 1. The summed E-state index contributed by atoms with van der Waals surface area (Å²) in [4.78, 5) is 41.0. The maximum absolute atomic E-state index is 13.5. The molecule has 0 unspecified atom stereocenters. The summed E-state index contributed by atoms with van der Waals surface area (Å²) in [7, 11) is 0. The maximum Gasteiger partial charge on any atom is 0.411 e. The molecule has 2 atom stereocenters. The zero-order valence-corrected chi connectivity index (χ0v) is 21.0. The van der Waals surface area contributed by atoms with E-state index in [-0.39, 0.29) is 24.9 Å². The van der Waals surface area contributed by atoms with E-state index in [1.165, 1.54) is 28.4 Å². The summed E-state index contributed by atoms with van der Waals surface area (Å²) < 4.78 is 19.2. The van der Waals surface area contributed by atoms with E-state index in [0.717, 1.165) is 5.56 Å². The summed E-state index contributed by atoms with van der Waals surface area (Å²) >= 11 is 1.33. The number of halogens is 1. The van der Waals surface area contributed by atoms with E-state index in [1.54, 1.807) is 48.5 Å². The average Bonchev–Trinajstić information content (AvgIpc) is 3.58. The Bertz CT molecular complexity index is 1430. The van der Waals surface area contributed by atoms with Gasteiger partial charge in [-0.15, -0.1) is 11.3 Å². The molecule has 0 radical (unpaired) electrons. The average molecular weight is 530 g/mol. The van der Waals surface area contributed by atoms with Crippen LogP contribution >= 0.6 is 11.3 Å². The Labute approximate surface area is 222 Å². The summed E-state index contributed by atoms with van der Waals surface area (Å²) in [6.07, 6.45) is -1.58. The highest BCUT2D eigenvalue weighted by Crippen LogP contribution is 2.35. The lowest BCUT2D eigenvalue weighted by Crippen LogP contribution is -2.46. The Hall–Kier alpha value is -4.50. The molecule has 2 N–H and O–H groups in total. The number of benzene rings is 3. The van der Waals surface area contributed by atoms with Gasteiger partial charge in [0.15, 0.2) is 12.1 Å². The minimum Gasteiger partial charge on any atom is -0.438 e. The van der Waals surface area contributed by atoms with Crippen LogP contribution in [0.5, 0.6) is 0 Å². The molecule has 3 aromatic carbocycles. The van der Waals surface area contributed by atoms with E-state index in [9.17, 15) is 18.8 Å². The van der Waals surface area contributed by atoms with Crippen LogP contribution in [0, 0.1) is 5.82 Å². The number of carbonyl (C=O) groups excluding carboxylic acids is 3. The first-order chi connectivity index (χ1) is 18.5. The van der Waals surface area contributed by atoms with Crippen molar-refractivity contribution in [1.82, 2.24) is 10.2 Å². The number of carbonyl (C=O) groups is 3. The molecule has 1 aromatic heterocycles. The van der Waals surface area contributed by atoms with E-state index in [1.807, 2.05) is 35.7 Å². The van der Waals surface area contributed by atoms with E-state index in [0.29, 0.717) is 21.7 Å². The molecule has 2 heterocycles. The van der Waals surface area contributed by atoms with E-state index in [2.05, 4.69) is 10.6 Å².